The molecule has 0 bridgehead atoms. The fraction of sp³-hybridized carbons (Fsp3) is 0.0952. The maximum absolute atomic E-state index is 6.12. The van der Waals surface area contributed by atoms with Gasteiger partial charge in [-0.25, -0.2) is 4.99 Å². The van der Waals surface area contributed by atoms with Gasteiger partial charge in [0.1, 0.15) is 17.3 Å². The van der Waals surface area contributed by atoms with Crippen LogP contribution in [0.4, 0.5) is 5.69 Å². The van der Waals surface area contributed by atoms with E-state index in [0.29, 0.717) is 18.1 Å². The van der Waals surface area contributed by atoms with E-state index in [-0.39, 0.29) is 0 Å². The quantitative estimate of drug-likeness (QED) is 0.438. The zero-order valence-electron chi connectivity index (χ0n) is 14.9. The Balaban J connectivity index is 1.60. The molecule has 0 fully saturated rings. The van der Waals surface area contributed by atoms with Crippen molar-refractivity contribution in [3.05, 3.63) is 84.3 Å². The number of nitrogens with zero attached hydrogens (tertiary/aromatic N) is 4. The minimum absolute atomic E-state index is 0.381. The van der Waals surface area contributed by atoms with E-state index in [2.05, 4.69) is 15.1 Å². The topological polar surface area (TPSA) is 78.3 Å². The second kappa shape index (κ2) is 7.29. The molecule has 0 spiro atoms. The van der Waals surface area contributed by atoms with Crippen LogP contribution in [0.3, 0.4) is 0 Å². The van der Waals surface area contributed by atoms with Gasteiger partial charge in [-0.1, -0.05) is 30.3 Å². The Morgan fingerprint density at radius 1 is 1.07 bits per heavy atom. The molecule has 6 heteroatoms. The third kappa shape index (κ3) is 3.64. The first-order valence-electron chi connectivity index (χ1n) is 8.57. The highest BCUT2D eigenvalue weighted by Crippen LogP contribution is 2.18. The molecule has 4 aromatic rings. The van der Waals surface area contributed by atoms with Gasteiger partial charge in [-0.3, -0.25) is 9.67 Å². The van der Waals surface area contributed by atoms with Crippen LogP contribution in [0.25, 0.3) is 10.9 Å². The van der Waals surface area contributed by atoms with E-state index < -0.39 is 0 Å². The number of hydrogen-bond acceptors (Lipinski definition) is 4. The van der Waals surface area contributed by atoms with Crippen molar-refractivity contribution < 1.29 is 4.74 Å². The highest BCUT2D eigenvalue weighted by Gasteiger charge is 2.08. The van der Waals surface area contributed by atoms with Gasteiger partial charge in [0, 0.05) is 5.39 Å². The van der Waals surface area contributed by atoms with Crippen molar-refractivity contribution in [2.24, 2.45) is 10.7 Å². The Morgan fingerprint density at radius 2 is 1.85 bits per heavy atom. The summed E-state index contributed by atoms with van der Waals surface area (Å²) in [5, 5.41) is 5.45. The Labute approximate surface area is 156 Å². The lowest BCUT2D eigenvalue weighted by Crippen LogP contribution is -2.14. The largest absolute Gasteiger partial charge is 0.497 e. The molecule has 0 aliphatic carbocycles. The molecule has 0 aliphatic heterocycles. The van der Waals surface area contributed by atoms with Crippen LogP contribution < -0.4 is 10.5 Å². The van der Waals surface area contributed by atoms with Gasteiger partial charge in [0.2, 0.25) is 0 Å². The maximum atomic E-state index is 6.12. The summed E-state index contributed by atoms with van der Waals surface area (Å²) in [5.41, 5.74) is 9.64. The van der Waals surface area contributed by atoms with Gasteiger partial charge in [-0.2, -0.15) is 5.10 Å². The second-order valence-corrected chi connectivity index (χ2v) is 6.11. The second-order valence-electron chi connectivity index (χ2n) is 6.11. The smallest absolute Gasteiger partial charge is 0.150 e. The van der Waals surface area contributed by atoms with E-state index in [0.717, 1.165) is 27.9 Å². The van der Waals surface area contributed by atoms with Gasteiger partial charge < -0.3 is 10.5 Å². The average Bonchev–Trinajstić information content (AvgIpc) is 3.11. The molecule has 2 aromatic heterocycles. The van der Waals surface area contributed by atoms with Crippen molar-refractivity contribution in [3.63, 3.8) is 0 Å². The maximum Gasteiger partial charge on any atom is 0.150 e. The van der Waals surface area contributed by atoms with E-state index in [9.17, 15) is 0 Å². The van der Waals surface area contributed by atoms with E-state index in [4.69, 9.17) is 10.5 Å². The van der Waals surface area contributed by atoms with Crippen LogP contribution in [0.1, 0.15) is 11.3 Å². The van der Waals surface area contributed by atoms with Gasteiger partial charge in [0.25, 0.3) is 0 Å². The zero-order chi connectivity index (χ0) is 18.6. The molecule has 2 aromatic carbocycles. The van der Waals surface area contributed by atoms with Crippen molar-refractivity contribution in [2.75, 3.05) is 7.11 Å². The minimum atomic E-state index is 0.381. The number of nitrogens with two attached hydrogens (primary N) is 1. The highest BCUT2D eigenvalue weighted by atomic mass is 16.5. The predicted molar refractivity (Wildman–Crippen MR) is 106 cm³/mol. The summed E-state index contributed by atoms with van der Waals surface area (Å²) < 4.78 is 7.11. The minimum Gasteiger partial charge on any atom is -0.497 e. The Morgan fingerprint density at radius 3 is 2.59 bits per heavy atom. The van der Waals surface area contributed by atoms with Crippen LogP contribution in [0.15, 0.2) is 78.0 Å². The average molecular weight is 357 g/mol. The predicted octanol–water partition coefficient (Wildman–Crippen LogP) is 3.53. The van der Waals surface area contributed by atoms with Gasteiger partial charge in [0.05, 0.1) is 37.3 Å². The molecule has 0 aliphatic rings. The number of aliphatic imine (C=N–C) groups is 1. The molecular formula is C21H19N5O. The van der Waals surface area contributed by atoms with E-state index in [1.165, 1.54) is 0 Å². The summed E-state index contributed by atoms with van der Waals surface area (Å²) in [6.45, 7) is 0.655. The lowest BCUT2D eigenvalue weighted by molar-refractivity contribution is 0.414. The van der Waals surface area contributed by atoms with Gasteiger partial charge in [-0.05, 0) is 35.9 Å². The first-order chi connectivity index (χ1) is 13.2. The summed E-state index contributed by atoms with van der Waals surface area (Å²) in [6.07, 6.45) is 3.61. The molecule has 2 N–H and O–H groups in total. The SMILES string of the molecule is COc1ccc(Cn2ncc3cc(C(N)=Nc4ccccc4)ncc32)cc1. The standard InChI is InChI=1S/C21H19N5O/c1-27-18-9-7-15(8-10-18)14-26-20-13-23-19(11-16(20)12-24-26)21(22)25-17-5-3-2-4-6-17/h2-13H,14H2,1H3,(H2,22,25). The van der Waals surface area contributed by atoms with Gasteiger partial charge in [-0.15, -0.1) is 0 Å². The molecule has 0 radical (unpaired) electrons. The summed E-state index contributed by atoms with van der Waals surface area (Å²) in [5.74, 6) is 1.22. The van der Waals surface area contributed by atoms with Crippen LogP contribution in [0.5, 0.6) is 5.75 Å². The first-order valence-corrected chi connectivity index (χ1v) is 8.57. The number of rotatable bonds is 5. The normalized spacial score (nSPS) is 11.7. The molecule has 0 atom stereocenters. The molecule has 2 heterocycles. The van der Waals surface area contributed by atoms with Crippen LogP contribution in [-0.2, 0) is 6.54 Å². The molecule has 0 amide bonds. The van der Waals surface area contributed by atoms with Crippen molar-refractivity contribution in [2.45, 2.75) is 6.54 Å². The molecule has 27 heavy (non-hydrogen) atoms. The van der Waals surface area contributed by atoms with E-state index in [1.807, 2.05) is 71.5 Å². The van der Waals surface area contributed by atoms with Gasteiger partial charge in [0.15, 0.2) is 0 Å². The number of fused-ring (bicyclic) bond motifs is 1. The first kappa shape index (κ1) is 16.8. The monoisotopic (exact) mass is 357 g/mol. The fourth-order valence-corrected chi connectivity index (χ4v) is 2.85. The van der Waals surface area contributed by atoms with Crippen molar-refractivity contribution in [1.82, 2.24) is 14.8 Å². The summed E-state index contributed by atoms with van der Waals surface area (Å²) in [6, 6.07) is 19.4. The lowest BCUT2D eigenvalue weighted by Gasteiger charge is -2.06. The number of methoxy groups -OCH3 is 1. The molecule has 6 nitrogen and oxygen atoms in total. The number of ether oxygens (including phenoxy) is 1. The lowest BCUT2D eigenvalue weighted by atomic mass is 10.2. The summed E-state index contributed by atoms with van der Waals surface area (Å²) in [4.78, 5) is 8.89. The molecule has 0 unspecified atom stereocenters. The van der Waals surface area contributed by atoms with Crippen LogP contribution in [0, 0.1) is 0 Å². The van der Waals surface area contributed by atoms with Crippen molar-refractivity contribution in [1.29, 1.82) is 0 Å². The van der Waals surface area contributed by atoms with E-state index >= 15 is 0 Å². The molecule has 0 saturated heterocycles. The molecule has 134 valence electrons. The molecule has 4 rings (SSSR count). The van der Waals surface area contributed by atoms with E-state index in [1.54, 1.807) is 13.3 Å². The summed E-state index contributed by atoms with van der Waals surface area (Å²) >= 11 is 0. The molecule has 0 saturated carbocycles. The third-order valence-electron chi connectivity index (χ3n) is 4.29. The Hall–Kier alpha value is -3.67. The number of pyridine rings is 1. The summed E-state index contributed by atoms with van der Waals surface area (Å²) in [7, 11) is 1.66. The van der Waals surface area contributed by atoms with Crippen molar-refractivity contribution >= 4 is 22.4 Å². The number of aromatic nitrogens is 3. The molecular weight excluding hydrogens is 338 g/mol. The Bertz CT molecular complexity index is 1080. The zero-order valence-corrected chi connectivity index (χ0v) is 14.9. The number of benzene rings is 2. The third-order valence-corrected chi connectivity index (χ3v) is 4.29. The highest BCUT2D eigenvalue weighted by molar-refractivity contribution is 5.99. The van der Waals surface area contributed by atoms with Crippen molar-refractivity contribution in [3.8, 4) is 5.75 Å². The Kier molecular flexibility index (Phi) is 4.53. The number of para-hydroxylation sites is 1. The van der Waals surface area contributed by atoms with Gasteiger partial charge >= 0.3 is 0 Å². The van der Waals surface area contributed by atoms with Crippen LogP contribution in [-0.4, -0.2) is 27.7 Å². The number of amidine groups is 1. The van der Waals surface area contributed by atoms with Crippen LogP contribution in [0.2, 0.25) is 0 Å². The fourth-order valence-electron chi connectivity index (χ4n) is 2.85. The van der Waals surface area contributed by atoms with Crippen LogP contribution >= 0.6 is 0 Å². The number of hydrogen-bond donors (Lipinski definition) is 1.